The number of hydrogen-bond donors (Lipinski definition) is 0. The van der Waals surface area contributed by atoms with Crippen LogP contribution in [0, 0.1) is 12.3 Å². The van der Waals surface area contributed by atoms with E-state index in [1.807, 2.05) is 6.92 Å². The van der Waals surface area contributed by atoms with E-state index in [9.17, 15) is 4.79 Å². The number of allylic oxidation sites excluding steroid dienone is 1. The van der Waals surface area contributed by atoms with Crippen molar-refractivity contribution < 1.29 is 19.0 Å². The molecule has 0 aliphatic heterocycles. The lowest BCUT2D eigenvalue weighted by atomic mass is 10.1. The van der Waals surface area contributed by atoms with Gasteiger partial charge in [0.1, 0.15) is 12.4 Å². The van der Waals surface area contributed by atoms with Crippen LogP contribution >= 0.6 is 11.6 Å². The summed E-state index contributed by atoms with van der Waals surface area (Å²) >= 11 is 6.27. The molecule has 0 spiro atoms. The molecule has 0 N–H and O–H groups in total. The van der Waals surface area contributed by atoms with Crippen molar-refractivity contribution in [3.63, 3.8) is 0 Å². The summed E-state index contributed by atoms with van der Waals surface area (Å²) in [6.45, 7) is 2.39. The first-order valence-corrected chi connectivity index (χ1v) is 8.36. The first-order chi connectivity index (χ1) is 12.6. The van der Waals surface area contributed by atoms with E-state index in [1.54, 1.807) is 49.6 Å². The maximum absolute atomic E-state index is 12.3. The molecule has 0 aliphatic carbocycles. The van der Waals surface area contributed by atoms with Crippen LogP contribution in [-0.2, 0) is 0 Å². The second-order valence-electron chi connectivity index (χ2n) is 5.18. The fourth-order valence-electron chi connectivity index (χ4n) is 2.22. The zero-order valence-electron chi connectivity index (χ0n) is 14.6. The lowest BCUT2D eigenvalue weighted by Gasteiger charge is -2.13. The third-order valence-corrected chi connectivity index (χ3v) is 3.71. The fourth-order valence-corrected chi connectivity index (χ4v) is 2.50. The van der Waals surface area contributed by atoms with Gasteiger partial charge in [-0.1, -0.05) is 23.6 Å². The molecule has 134 valence electrons. The molecule has 0 fully saturated rings. The largest absolute Gasteiger partial charge is 0.497 e. The Morgan fingerprint density at radius 3 is 2.58 bits per heavy atom. The number of methoxy groups -OCH3 is 1. The SMILES string of the molecule is C#CCOc1c(Cl)cc(/C=C/C(=O)c2ccc(OC)cc2)cc1OCC. The van der Waals surface area contributed by atoms with Crippen molar-refractivity contribution in [3.05, 3.63) is 58.6 Å². The third kappa shape index (κ3) is 5.05. The second kappa shape index (κ2) is 9.55. The third-order valence-electron chi connectivity index (χ3n) is 3.43. The lowest BCUT2D eigenvalue weighted by Crippen LogP contribution is -2.00. The van der Waals surface area contributed by atoms with E-state index in [0.29, 0.717) is 40.0 Å². The Kier molecular flexibility index (Phi) is 7.13. The Labute approximate surface area is 158 Å². The summed E-state index contributed by atoms with van der Waals surface area (Å²) in [7, 11) is 1.58. The molecule has 2 rings (SSSR count). The first-order valence-electron chi connectivity index (χ1n) is 7.98. The van der Waals surface area contributed by atoms with Gasteiger partial charge >= 0.3 is 0 Å². The Hall–Kier alpha value is -2.90. The predicted octanol–water partition coefficient (Wildman–Crippen LogP) is 4.66. The molecule has 4 nitrogen and oxygen atoms in total. The van der Waals surface area contributed by atoms with Crippen LogP contribution < -0.4 is 14.2 Å². The lowest BCUT2D eigenvalue weighted by molar-refractivity contribution is 0.104. The molecule has 0 saturated carbocycles. The van der Waals surface area contributed by atoms with E-state index >= 15 is 0 Å². The highest BCUT2D eigenvalue weighted by molar-refractivity contribution is 6.32. The van der Waals surface area contributed by atoms with Gasteiger partial charge in [0, 0.05) is 5.56 Å². The fraction of sp³-hybridized carbons (Fsp3) is 0.190. The summed E-state index contributed by atoms with van der Waals surface area (Å²) < 4.78 is 16.1. The van der Waals surface area contributed by atoms with Gasteiger partial charge in [0.05, 0.1) is 18.7 Å². The van der Waals surface area contributed by atoms with Crippen LogP contribution in [0.3, 0.4) is 0 Å². The van der Waals surface area contributed by atoms with E-state index in [2.05, 4.69) is 5.92 Å². The summed E-state index contributed by atoms with van der Waals surface area (Å²) in [5, 5.41) is 0.364. The maximum atomic E-state index is 12.3. The van der Waals surface area contributed by atoms with Crippen molar-refractivity contribution in [2.45, 2.75) is 6.92 Å². The molecule has 0 saturated heterocycles. The van der Waals surface area contributed by atoms with Crippen LogP contribution in [0.25, 0.3) is 6.08 Å². The van der Waals surface area contributed by atoms with Crippen LogP contribution in [0.1, 0.15) is 22.8 Å². The molecular formula is C21H19ClO4. The molecule has 2 aromatic carbocycles. The minimum absolute atomic E-state index is 0.0882. The van der Waals surface area contributed by atoms with Gasteiger partial charge in [-0.3, -0.25) is 4.79 Å². The van der Waals surface area contributed by atoms with Crippen LogP contribution in [0.15, 0.2) is 42.5 Å². The minimum Gasteiger partial charge on any atom is -0.497 e. The number of benzene rings is 2. The number of rotatable bonds is 8. The Morgan fingerprint density at radius 1 is 1.23 bits per heavy atom. The first kappa shape index (κ1) is 19.4. The van der Waals surface area contributed by atoms with Gasteiger partial charge in [0.15, 0.2) is 17.3 Å². The van der Waals surface area contributed by atoms with E-state index in [-0.39, 0.29) is 12.4 Å². The number of ketones is 1. The molecule has 0 bridgehead atoms. The average molecular weight is 371 g/mol. The number of hydrogen-bond acceptors (Lipinski definition) is 4. The van der Waals surface area contributed by atoms with Gasteiger partial charge in [-0.15, -0.1) is 6.42 Å². The van der Waals surface area contributed by atoms with Crippen LogP contribution in [0.2, 0.25) is 5.02 Å². The summed E-state index contributed by atoms with van der Waals surface area (Å²) in [4.78, 5) is 12.3. The number of ether oxygens (including phenoxy) is 3. The van der Waals surface area contributed by atoms with Crippen molar-refractivity contribution in [2.24, 2.45) is 0 Å². The van der Waals surface area contributed by atoms with Gasteiger partial charge in [-0.05, 0) is 55.0 Å². The predicted molar refractivity (Wildman–Crippen MR) is 103 cm³/mol. The molecule has 0 heterocycles. The summed E-state index contributed by atoms with van der Waals surface area (Å²) in [5.41, 5.74) is 1.28. The highest BCUT2D eigenvalue weighted by Gasteiger charge is 2.12. The van der Waals surface area contributed by atoms with Gasteiger partial charge in [0.2, 0.25) is 0 Å². The topological polar surface area (TPSA) is 44.8 Å². The van der Waals surface area contributed by atoms with E-state index < -0.39 is 0 Å². The van der Waals surface area contributed by atoms with Crippen molar-refractivity contribution in [3.8, 4) is 29.6 Å². The van der Waals surface area contributed by atoms with Crippen molar-refractivity contribution >= 4 is 23.5 Å². The molecule has 26 heavy (non-hydrogen) atoms. The molecule has 0 atom stereocenters. The van der Waals surface area contributed by atoms with Gasteiger partial charge in [-0.25, -0.2) is 0 Å². The molecule has 0 radical (unpaired) electrons. The van der Waals surface area contributed by atoms with Crippen LogP contribution in [0.5, 0.6) is 17.2 Å². The number of halogens is 1. The highest BCUT2D eigenvalue weighted by atomic mass is 35.5. The summed E-state index contributed by atoms with van der Waals surface area (Å²) in [5.74, 6) is 3.83. The van der Waals surface area contributed by atoms with Crippen molar-refractivity contribution in [2.75, 3.05) is 20.3 Å². The van der Waals surface area contributed by atoms with Crippen LogP contribution in [-0.4, -0.2) is 26.1 Å². The Bertz CT molecular complexity index is 832. The zero-order valence-corrected chi connectivity index (χ0v) is 15.4. The molecular weight excluding hydrogens is 352 g/mol. The molecule has 2 aromatic rings. The molecule has 5 heteroatoms. The Balaban J connectivity index is 2.23. The van der Waals surface area contributed by atoms with Crippen LogP contribution in [0.4, 0.5) is 0 Å². The minimum atomic E-state index is -0.130. The quantitative estimate of drug-likeness (QED) is 0.385. The molecule has 0 unspecified atom stereocenters. The Morgan fingerprint density at radius 2 is 1.96 bits per heavy atom. The summed E-state index contributed by atoms with van der Waals surface area (Å²) in [6.07, 6.45) is 8.37. The van der Waals surface area contributed by atoms with E-state index in [4.69, 9.17) is 32.2 Å². The van der Waals surface area contributed by atoms with E-state index in [1.165, 1.54) is 6.08 Å². The monoisotopic (exact) mass is 370 g/mol. The normalized spacial score (nSPS) is 10.4. The number of terminal acetylenes is 1. The average Bonchev–Trinajstić information content (AvgIpc) is 2.66. The molecule has 0 aromatic heterocycles. The van der Waals surface area contributed by atoms with Crippen molar-refractivity contribution in [1.82, 2.24) is 0 Å². The maximum Gasteiger partial charge on any atom is 0.185 e. The van der Waals surface area contributed by atoms with Gasteiger partial charge in [-0.2, -0.15) is 0 Å². The second-order valence-corrected chi connectivity index (χ2v) is 5.59. The number of carbonyl (C=O) groups excluding carboxylic acids is 1. The smallest absolute Gasteiger partial charge is 0.185 e. The van der Waals surface area contributed by atoms with Gasteiger partial charge < -0.3 is 14.2 Å². The highest BCUT2D eigenvalue weighted by Crippen LogP contribution is 2.37. The zero-order chi connectivity index (χ0) is 18.9. The van der Waals surface area contributed by atoms with Gasteiger partial charge in [0.25, 0.3) is 0 Å². The summed E-state index contributed by atoms with van der Waals surface area (Å²) in [6, 6.07) is 10.3. The molecule has 0 aliphatic rings. The van der Waals surface area contributed by atoms with E-state index in [0.717, 1.165) is 0 Å². The number of carbonyl (C=O) groups is 1. The van der Waals surface area contributed by atoms with Crippen molar-refractivity contribution in [1.29, 1.82) is 0 Å². The molecule has 0 amide bonds. The standard InChI is InChI=1S/C21H19ClO4/c1-4-12-26-21-18(22)13-15(14-20(21)25-5-2)6-11-19(23)16-7-9-17(24-3)10-8-16/h1,6-11,13-14H,5,12H2,2-3H3/b11-6+.